The zero-order valence-corrected chi connectivity index (χ0v) is 13.2. The summed E-state index contributed by atoms with van der Waals surface area (Å²) < 4.78 is 0. The Hall–Kier alpha value is -1.19. The Morgan fingerprint density at radius 1 is 1.16 bits per heavy atom. The highest BCUT2D eigenvalue weighted by molar-refractivity contribution is 7.09. The van der Waals surface area contributed by atoms with E-state index in [1.54, 1.807) is 11.3 Å². The number of benzene rings is 1. The van der Waals surface area contributed by atoms with Gasteiger partial charge in [-0.25, -0.2) is 4.98 Å². The Balaban J connectivity index is 2.32. The topological polar surface area (TPSA) is 24.9 Å². The van der Waals surface area contributed by atoms with Crippen LogP contribution in [-0.2, 0) is 6.42 Å². The summed E-state index contributed by atoms with van der Waals surface area (Å²) in [6, 6.07) is 4.90. The smallest absolute Gasteiger partial charge is 0.0798 e. The van der Waals surface area contributed by atoms with Crippen LogP contribution in [0.3, 0.4) is 0 Å². The molecule has 102 valence electrons. The number of thiazole rings is 1. The van der Waals surface area contributed by atoms with E-state index in [1.165, 1.54) is 27.1 Å². The minimum absolute atomic E-state index is 0.354. The lowest BCUT2D eigenvalue weighted by atomic mass is 9.93. The van der Waals surface area contributed by atoms with Crippen LogP contribution in [0.4, 0.5) is 0 Å². The summed E-state index contributed by atoms with van der Waals surface area (Å²) in [5.41, 5.74) is 8.65. The van der Waals surface area contributed by atoms with E-state index in [1.807, 2.05) is 12.6 Å². The number of aromatic nitrogens is 1. The number of nitrogens with zero attached hydrogens (tertiary/aromatic N) is 1. The fourth-order valence-corrected chi connectivity index (χ4v) is 3.62. The lowest BCUT2D eigenvalue weighted by Gasteiger charge is -2.19. The molecule has 2 aromatic rings. The molecule has 0 aliphatic carbocycles. The largest absolute Gasteiger partial charge is 0.312 e. The predicted molar refractivity (Wildman–Crippen MR) is 83.0 cm³/mol. The van der Waals surface area contributed by atoms with Crippen LogP contribution in [0.2, 0.25) is 0 Å². The molecule has 0 aliphatic rings. The lowest BCUT2D eigenvalue weighted by molar-refractivity contribution is 0.594. The first-order valence-electron chi connectivity index (χ1n) is 6.67. The van der Waals surface area contributed by atoms with Gasteiger partial charge in [-0.3, -0.25) is 0 Å². The molecule has 0 bridgehead atoms. The van der Waals surface area contributed by atoms with Crippen molar-refractivity contribution in [2.75, 3.05) is 7.05 Å². The van der Waals surface area contributed by atoms with Crippen LogP contribution in [-0.4, -0.2) is 12.0 Å². The van der Waals surface area contributed by atoms with Gasteiger partial charge >= 0.3 is 0 Å². The molecule has 0 saturated carbocycles. The van der Waals surface area contributed by atoms with Gasteiger partial charge in [-0.1, -0.05) is 17.7 Å². The summed E-state index contributed by atoms with van der Waals surface area (Å²) in [5, 5.41) is 3.43. The van der Waals surface area contributed by atoms with E-state index in [9.17, 15) is 0 Å². The highest BCUT2D eigenvalue weighted by Gasteiger charge is 2.17. The van der Waals surface area contributed by atoms with Crippen LogP contribution < -0.4 is 5.32 Å². The van der Waals surface area contributed by atoms with Gasteiger partial charge in [-0.05, 0) is 57.9 Å². The molecule has 1 N–H and O–H groups in total. The summed E-state index contributed by atoms with van der Waals surface area (Å²) in [6.45, 7) is 8.67. The molecule has 1 aromatic heterocycles. The van der Waals surface area contributed by atoms with Gasteiger partial charge in [0, 0.05) is 10.9 Å². The van der Waals surface area contributed by atoms with Crippen molar-refractivity contribution in [3.8, 4) is 0 Å². The van der Waals surface area contributed by atoms with E-state index < -0.39 is 0 Å². The number of likely N-dealkylation sites (N-methyl/N-ethyl adjacent to an activating group) is 1. The standard InChI is InChI=1S/C16H22N2S/c1-10-6-11(2)14(12(3)7-10)8-15(17-5)16-13(4)18-9-19-16/h6-7,9,15,17H,8H2,1-5H3. The fourth-order valence-electron chi connectivity index (χ4n) is 2.71. The van der Waals surface area contributed by atoms with E-state index in [0.717, 1.165) is 12.1 Å². The van der Waals surface area contributed by atoms with Crippen LogP contribution in [0, 0.1) is 27.7 Å². The first-order chi connectivity index (χ1) is 9.02. The molecule has 1 aromatic carbocycles. The van der Waals surface area contributed by atoms with Crippen LogP contribution in [0.15, 0.2) is 17.6 Å². The number of rotatable bonds is 4. The number of aryl methyl sites for hydroxylation is 4. The molecule has 1 atom stereocenters. The monoisotopic (exact) mass is 274 g/mol. The van der Waals surface area contributed by atoms with Gasteiger partial charge in [0.1, 0.15) is 0 Å². The molecule has 3 heteroatoms. The van der Waals surface area contributed by atoms with E-state index in [2.05, 4.69) is 50.1 Å². The van der Waals surface area contributed by atoms with Gasteiger partial charge in [-0.2, -0.15) is 0 Å². The number of hydrogen-bond acceptors (Lipinski definition) is 3. The zero-order valence-electron chi connectivity index (χ0n) is 12.4. The Bertz CT molecular complexity index is 549. The molecular weight excluding hydrogens is 252 g/mol. The highest BCUT2D eigenvalue weighted by Crippen LogP contribution is 2.27. The van der Waals surface area contributed by atoms with Gasteiger partial charge < -0.3 is 5.32 Å². The third kappa shape index (κ3) is 3.04. The van der Waals surface area contributed by atoms with Crippen LogP contribution in [0.25, 0.3) is 0 Å². The van der Waals surface area contributed by atoms with Gasteiger partial charge in [0.05, 0.1) is 11.2 Å². The molecule has 0 fully saturated rings. The number of hydrogen-bond donors (Lipinski definition) is 1. The molecule has 19 heavy (non-hydrogen) atoms. The predicted octanol–water partition coefficient (Wildman–Crippen LogP) is 3.88. The van der Waals surface area contributed by atoms with Crippen LogP contribution in [0.5, 0.6) is 0 Å². The van der Waals surface area contributed by atoms with Crippen molar-refractivity contribution in [3.63, 3.8) is 0 Å². The first kappa shape index (κ1) is 14.2. The maximum Gasteiger partial charge on any atom is 0.0798 e. The first-order valence-corrected chi connectivity index (χ1v) is 7.55. The second-order valence-corrected chi connectivity index (χ2v) is 6.11. The van der Waals surface area contributed by atoms with Gasteiger partial charge in [0.25, 0.3) is 0 Å². The Morgan fingerprint density at radius 3 is 2.26 bits per heavy atom. The zero-order chi connectivity index (χ0) is 14.0. The van der Waals surface area contributed by atoms with Crippen molar-refractivity contribution in [2.24, 2.45) is 0 Å². The lowest BCUT2D eigenvalue weighted by Crippen LogP contribution is -2.19. The second kappa shape index (κ2) is 5.85. The summed E-state index contributed by atoms with van der Waals surface area (Å²) in [5.74, 6) is 0. The second-order valence-electron chi connectivity index (χ2n) is 5.22. The molecule has 0 amide bonds. The third-order valence-corrected chi connectivity index (χ3v) is 4.74. The van der Waals surface area contributed by atoms with E-state index in [-0.39, 0.29) is 0 Å². The minimum atomic E-state index is 0.354. The van der Waals surface area contributed by atoms with E-state index in [0.29, 0.717) is 6.04 Å². The summed E-state index contributed by atoms with van der Waals surface area (Å²) in [6.07, 6.45) is 1.03. The van der Waals surface area contributed by atoms with Crippen molar-refractivity contribution >= 4 is 11.3 Å². The average molecular weight is 274 g/mol. The summed E-state index contributed by atoms with van der Waals surface area (Å²) >= 11 is 1.74. The third-order valence-electron chi connectivity index (χ3n) is 3.70. The van der Waals surface area contributed by atoms with E-state index in [4.69, 9.17) is 0 Å². The van der Waals surface area contributed by atoms with Gasteiger partial charge in [-0.15, -0.1) is 11.3 Å². The molecule has 2 nitrogen and oxygen atoms in total. The maximum absolute atomic E-state index is 4.36. The van der Waals surface area contributed by atoms with Crippen LogP contribution >= 0.6 is 11.3 Å². The number of nitrogens with one attached hydrogen (secondary N) is 1. The molecule has 0 aliphatic heterocycles. The Kier molecular flexibility index (Phi) is 4.38. The van der Waals surface area contributed by atoms with Gasteiger partial charge in [0.15, 0.2) is 0 Å². The average Bonchev–Trinajstić information content (AvgIpc) is 2.75. The van der Waals surface area contributed by atoms with Crippen molar-refractivity contribution in [1.29, 1.82) is 0 Å². The van der Waals surface area contributed by atoms with Gasteiger partial charge in [0.2, 0.25) is 0 Å². The molecule has 1 unspecified atom stereocenters. The molecule has 0 spiro atoms. The van der Waals surface area contributed by atoms with E-state index >= 15 is 0 Å². The highest BCUT2D eigenvalue weighted by atomic mass is 32.1. The van der Waals surface area contributed by atoms with Crippen molar-refractivity contribution in [1.82, 2.24) is 10.3 Å². The SMILES string of the molecule is CNC(Cc1c(C)cc(C)cc1C)c1scnc1C. The molecule has 0 radical (unpaired) electrons. The molecule has 0 saturated heterocycles. The minimum Gasteiger partial charge on any atom is -0.312 e. The fraction of sp³-hybridized carbons (Fsp3) is 0.438. The van der Waals surface area contributed by atoms with Crippen LogP contribution in [0.1, 0.15) is 38.9 Å². The Morgan fingerprint density at radius 2 is 1.79 bits per heavy atom. The summed E-state index contributed by atoms with van der Waals surface area (Å²) in [7, 11) is 2.03. The van der Waals surface area contributed by atoms with Crippen molar-refractivity contribution < 1.29 is 0 Å². The quantitative estimate of drug-likeness (QED) is 0.915. The summed E-state index contributed by atoms with van der Waals surface area (Å²) in [4.78, 5) is 5.71. The molecular formula is C16H22N2S. The molecule has 1 heterocycles. The molecule has 2 rings (SSSR count). The van der Waals surface area contributed by atoms with Crippen molar-refractivity contribution in [2.45, 2.75) is 40.2 Å². The Labute approximate surface area is 119 Å². The maximum atomic E-state index is 4.36. The van der Waals surface area contributed by atoms with Crippen molar-refractivity contribution in [3.05, 3.63) is 50.5 Å². The normalized spacial score (nSPS) is 12.7.